The molecule has 6 nitrogen and oxygen atoms in total. The van der Waals surface area contributed by atoms with E-state index in [-0.39, 0.29) is 18.5 Å². The highest BCUT2D eigenvalue weighted by Gasteiger charge is 2.22. The Labute approximate surface area is 155 Å². The summed E-state index contributed by atoms with van der Waals surface area (Å²) in [4.78, 5) is 11.0. The molecule has 4 N–H and O–H groups in total. The molecule has 0 aliphatic carbocycles. The maximum Gasteiger partial charge on any atom is 0.404 e. The van der Waals surface area contributed by atoms with E-state index in [4.69, 9.17) is 9.84 Å². The lowest BCUT2D eigenvalue weighted by Crippen LogP contribution is -2.48. The number of carboxylic acid groups (broad SMARTS) is 1. The van der Waals surface area contributed by atoms with E-state index < -0.39 is 29.9 Å². The van der Waals surface area contributed by atoms with Crippen LogP contribution in [-0.2, 0) is 13.0 Å². The first-order valence-electron chi connectivity index (χ1n) is 8.33. The summed E-state index contributed by atoms with van der Waals surface area (Å²) in [5.41, 5.74) is 1.18. The summed E-state index contributed by atoms with van der Waals surface area (Å²) in [6, 6.07) is 9.37. The van der Waals surface area contributed by atoms with E-state index >= 15 is 0 Å². The van der Waals surface area contributed by atoms with Crippen LogP contribution in [-0.4, -0.2) is 42.1 Å². The van der Waals surface area contributed by atoms with E-state index in [0.29, 0.717) is 12.3 Å². The quantitative estimate of drug-likeness (QED) is 0.536. The molecule has 0 fully saturated rings. The smallest absolute Gasteiger partial charge is 0.404 e. The highest BCUT2D eigenvalue weighted by molar-refractivity contribution is 5.65. The molecule has 0 aliphatic heterocycles. The second-order valence-electron chi connectivity index (χ2n) is 6.09. The van der Waals surface area contributed by atoms with Gasteiger partial charge in [0.05, 0.1) is 19.3 Å². The Morgan fingerprint density at radius 2 is 1.85 bits per heavy atom. The molecular formula is C19H22F2N2O4. The second kappa shape index (κ2) is 9.84. The topological polar surface area (TPSA) is 90.8 Å². The first-order valence-corrected chi connectivity index (χ1v) is 8.33. The van der Waals surface area contributed by atoms with Crippen LogP contribution in [0.4, 0.5) is 13.6 Å². The molecule has 2 aromatic carbocycles. The van der Waals surface area contributed by atoms with Gasteiger partial charge in [0.2, 0.25) is 0 Å². The van der Waals surface area contributed by atoms with E-state index in [1.54, 1.807) is 7.11 Å². The summed E-state index contributed by atoms with van der Waals surface area (Å²) < 4.78 is 31.8. The van der Waals surface area contributed by atoms with Gasteiger partial charge in [0.15, 0.2) is 0 Å². The van der Waals surface area contributed by atoms with Crippen LogP contribution in [0.3, 0.4) is 0 Å². The van der Waals surface area contributed by atoms with Gasteiger partial charge in [-0.15, -0.1) is 0 Å². The summed E-state index contributed by atoms with van der Waals surface area (Å²) in [5, 5.41) is 24.5. The van der Waals surface area contributed by atoms with Crippen LogP contribution in [0, 0.1) is 11.6 Å². The van der Waals surface area contributed by atoms with E-state index in [1.807, 2.05) is 24.3 Å². The molecule has 2 aromatic rings. The van der Waals surface area contributed by atoms with Crippen molar-refractivity contribution in [2.24, 2.45) is 0 Å². The molecule has 0 heterocycles. The number of aliphatic hydroxyl groups excluding tert-OH is 1. The summed E-state index contributed by atoms with van der Waals surface area (Å²) in [6.45, 7) is 0.516. The molecular weight excluding hydrogens is 358 g/mol. The molecule has 0 aliphatic rings. The van der Waals surface area contributed by atoms with Crippen molar-refractivity contribution >= 4 is 6.09 Å². The van der Waals surface area contributed by atoms with Crippen LogP contribution in [0.1, 0.15) is 11.1 Å². The van der Waals surface area contributed by atoms with Crippen molar-refractivity contribution in [2.45, 2.75) is 25.1 Å². The van der Waals surface area contributed by atoms with Crippen molar-refractivity contribution in [3.8, 4) is 5.75 Å². The minimum Gasteiger partial charge on any atom is -0.497 e. The zero-order chi connectivity index (χ0) is 19.8. The van der Waals surface area contributed by atoms with Gasteiger partial charge in [0.25, 0.3) is 0 Å². The predicted octanol–water partition coefficient (Wildman–Crippen LogP) is 2.30. The van der Waals surface area contributed by atoms with Gasteiger partial charge in [-0.25, -0.2) is 13.6 Å². The molecule has 2 rings (SSSR count). The van der Waals surface area contributed by atoms with Crippen molar-refractivity contribution in [3.63, 3.8) is 0 Å². The highest BCUT2D eigenvalue weighted by atomic mass is 19.1. The molecule has 2 atom stereocenters. The predicted molar refractivity (Wildman–Crippen MR) is 95.7 cm³/mol. The van der Waals surface area contributed by atoms with Gasteiger partial charge in [-0.05, 0) is 41.8 Å². The third-order valence-electron chi connectivity index (χ3n) is 3.97. The third kappa shape index (κ3) is 6.84. The zero-order valence-corrected chi connectivity index (χ0v) is 14.8. The SMILES string of the molecule is COc1cccc(CNC[C@@H](O)[C@H](Cc2cc(F)cc(F)c2)NC(=O)O)c1. The number of hydrogen-bond donors (Lipinski definition) is 4. The molecule has 27 heavy (non-hydrogen) atoms. The van der Waals surface area contributed by atoms with E-state index in [2.05, 4.69) is 10.6 Å². The number of ether oxygens (including phenoxy) is 1. The Morgan fingerprint density at radius 1 is 1.15 bits per heavy atom. The number of hydrogen-bond acceptors (Lipinski definition) is 4. The first-order chi connectivity index (χ1) is 12.9. The van der Waals surface area contributed by atoms with Gasteiger partial charge < -0.3 is 25.6 Å². The molecule has 0 saturated carbocycles. The molecule has 146 valence electrons. The zero-order valence-electron chi connectivity index (χ0n) is 14.8. The average molecular weight is 380 g/mol. The Morgan fingerprint density at radius 3 is 2.48 bits per heavy atom. The number of carbonyl (C=O) groups is 1. The number of amides is 1. The number of halogens is 2. The lowest BCUT2D eigenvalue weighted by atomic mass is 10.0. The molecule has 0 bridgehead atoms. The first kappa shape index (κ1) is 20.6. The minimum atomic E-state index is -1.33. The van der Waals surface area contributed by atoms with Gasteiger partial charge in [-0.1, -0.05) is 12.1 Å². The van der Waals surface area contributed by atoms with Gasteiger partial charge in [0.1, 0.15) is 17.4 Å². The molecule has 0 spiro atoms. The van der Waals surface area contributed by atoms with Gasteiger partial charge in [-0.2, -0.15) is 0 Å². The Bertz CT molecular complexity index is 753. The average Bonchev–Trinajstić information content (AvgIpc) is 2.60. The summed E-state index contributed by atoms with van der Waals surface area (Å²) in [6.07, 6.45) is -2.48. The Kier molecular flexibility index (Phi) is 7.51. The third-order valence-corrected chi connectivity index (χ3v) is 3.97. The van der Waals surface area contributed by atoms with Gasteiger partial charge in [0, 0.05) is 19.2 Å². The van der Waals surface area contributed by atoms with Crippen LogP contribution >= 0.6 is 0 Å². The Balaban J connectivity index is 1.96. The van der Waals surface area contributed by atoms with E-state index in [0.717, 1.165) is 23.8 Å². The monoisotopic (exact) mass is 380 g/mol. The van der Waals surface area contributed by atoms with Crippen molar-refractivity contribution < 1.29 is 28.5 Å². The lowest BCUT2D eigenvalue weighted by Gasteiger charge is -2.23. The fraction of sp³-hybridized carbons (Fsp3) is 0.316. The van der Waals surface area contributed by atoms with Crippen LogP contribution in [0.15, 0.2) is 42.5 Å². The highest BCUT2D eigenvalue weighted by Crippen LogP contribution is 2.13. The van der Waals surface area contributed by atoms with Crippen LogP contribution in [0.5, 0.6) is 5.75 Å². The van der Waals surface area contributed by atoms with E-state index in [9.17, 15) is 18.7 Å². The Hall–Kier alpha value is -2.71. The largest absolute Gasteiger partial charge is 0.497 e. The van der Waals surface area contributed by atoms with Crippen molar-refractivity contribution in [3.05, 3.63) is 65.2 Å². The van der Waals surface area contributed by atoms with Crippen molar-refractivity contribution in [1.29, 1.82) is 0 Å². The maximum absolute atomic E-state index is 13.3. The summed E-state index contributed by atoms with van der Waals surface area (Å²) in [7, 11) is 1.56. The van der Waals surface area contributed by atoms with E-state index in [1.165, 1.54) is 0 Å². The molecule has 0 radical (unpaired) electrons. The van der Waals surface area contributed by atoms with Crippen molar-refractivity contribution in [1.82, 2.24) is 10.6 Å². The molecule has 1 amide bonds. The number of aliphatic hydroxyl groups is 1. The molecule has 0 unspecified atom stereocenters. The van der Waals surface area contributed by atoms with Gasteiger partial charge >= 0.3 is 6.09 Å². The fourth-order valence-electron chi connectivity index (χ4n) is 2.71. The lowest BCUT2D eigenvalue weighted by molar-refractivity contribution is 0.117. The number of rotatable bonds is 9. The summed E-state index contributed by atoms with van der Waals surface area (Å²) in [5.74, 6) is -0.817. The standard InChI is InChI=1S/C19H22F2N2O4/c1-27-16-4-2-3-12(7-16)10-22-11-18(24)17(23-19(25)26)8-13-5-14(20)9-15(21)6-13/h2-7,9,17-18,22-24H,8,10-11H2,1H3,(H,25,26)/t17-,18+/m0/s1. The number of nitrogens with one attached hydrogen (secondary N) is 2. The van der Waals surface area contributed by atoms with Gasteiger partial charge in [-0.3, -0.25) is 0 Å². The molecule has 8 heteroatoms. The normalized spacial score (nSPS) is 13.0. The molecule has 0 aromatic heterocycles. The number of methoxy groups -OCH3 is 1. The van der Waals surface area contributed by atoms with Crippen LogP contribution in [0.2, 0.25) is 0 Å². The van der Waals surface area contributed by atoms with Crippen LogP contribution in [0.25, 0.3) is 0 Å². The van der Waals surface area contributed by atoms with Crippen LogP contribution < -0.4 is 15.4 Å². The summed E-state index contributed by atoms with van der Waals surface area (Å²) >= 11 is 0. The maximum atomic E-state index is 13.3. The molecule has 0 saturated heterocycles. The minimum absolute atomic E-state index is 0.0526. The number of benzene rings is 2. The van der Waals surface area contributed by atoms with Crippen molar-refractivity contribution in [2.75, 3.05) is 13.7 Å². The fourth-order valence-corrected chi connectivity index (χ4v) is 2.71. The second-order valence-corrected chi connectivity index (χ2v) is 6.09.